The SMILES string of the molecule is CNc1nc(N(C(=O)C=NOC)C2C=C(C(=O)O)N3C(=O)C[C@@H]3S2)ns1. The quantitative estimate of drug-likeness (QED) is 0.389. The van der Waals surface area contributed by atoms with Crippen LogP contribution in [0.25, 0.3) is 0 Å². The Morgan fingerprint density at radius 2 is 2.35 bits per heavy atom. The van der Waals surface area contributed by atoms with Gasteiger partial charge in [0.05, 0.1) is 11.8 Å². The van der Waals surface area contributed by atoms with Crippen molar-refractivity contribution in [2.75, 3.05) is 24.4 Å². The minimum atomic E-state index is -1.24. The Hall–Kier alpha value is -2.67. The highest BCUT2D eigenvalue weighted by atomic mass is 32.2. The number of thioether (sulfide) groups is 1. The van der Waals surface area contributed by atoms with Crippen molar-refractivity contribution >= 4 is 58.4 Å². The highest BCUT2D eigenvalue weighted by Crippen LogP contribution is 2.42. The maximum absolute atomic E-state index is 12.6. The minimum Gasteiger partial charge on any atom is -0.477 e. The summed E-state index contributed by atoms with van der Waals surface area (Å²) in [6.07, 6.45) is 2.48. The van der Waals surface area contributed by atoms with Gasteiger partial charge in [0.15, 0.2) is 0 Å². The molecule has 2 atom stereocenters. The van der Waals surface area contributed by atoms with Crippen LogP contribution in [0.1, 0.15) is 6.42 Å². The Kier molecular flexibility index (Phi) is 5.08. The molecule has 0 radical (unpaired) electrons. The van der Waals surface area contributed by atoms with Crippen LogP contribution in [0.3, 0.4) is 0 Å². The van der Waals surface area contributed by atoms with Gasteiger partial charge in [0.2, 0.25) is 17.0 Å². The molecule has 1 aromatic rings. The molecule has 2 amide bonds. The summed E-state index contributed by atoms with van der Waals surface area (Å²) in [7, 11) is 2.96. The second-order valence-corrected chi connectivity index (χ2v) is 7.13. The van der Waals surface area contributed by atoms with Crippen molar-refractivity contribution in [1.82, 2.24) is 14.3 Å². The van der Waals surface area contributed by atoms with Crippen LogP contribution in [0.4, 0.5) is 11.1 Å². The average Bonchev–Trinajstić information content (AvgIpc) is 3.07. The number of hydrogen-bond donors (Lipinski definition) is 2. The van der Waals surface area contributed by atoms with Crippen molar-refractivity contribution in [3.05, 3.63) is 11.8 Å². The Labute approximate surface area is 155 Å². The number of aliphatic carboxylic acids is 1. The maximum Gasteiger partial charge on any atom is 0.352 e. The molecule has 11 nitrogen and oxygen atoms in total. The molecule has 138 valence electrons. The molecule has 26 heavy (non-hydrogen) atoms. The topological polar surface area (TPSA) is 137 Å². The molecule has 2 aliphatic heterocycles. The van der Waals surface area contributed by atoms with Crippen molar-refractivity contribution in [2.45, 2.75) is 17.2 Å². The van der Waals surface area contributed by atoms with Crippen LogP contribution in [0.2, 0.25) is 0 Å². The predicted molar refractivity (Wildman–Crippen MR) is 94.8 cm³/mol. The molecule has 0 aliphatic carbocycles. The number of β-lactam (4-membered cyclic amide) rings is 1. The van der Waals surface area contributed by atoms with Crippen LogP contribution in [0.5, 0.6) is 0 Å². The van der Waals surface area contributed by atoms with Crippen molar-refractivity contribution in [2.24, 2.45) is 5.16 Å². The highest BCUT2D eigenvalue weighted by molar-refractivity contribution is 8.00. The number of fused-ring (bicyclic) bond motifs is 1. The fraction of sp³-hybridized carbons (Fsp3) is 0.385. The van der Waals surface area contributed by atoms with E-state index >= 15 is 0 Å². The van der Waals surface area contributed by atoms with Gasteiger partial charge in [-0.2, -0.15) is 9.36 Å². The second-order valence-electron chi connectivity index (χ2n) is 5.08. The Bertz CT molecular complexity index is 809. The van der Waals surface area contributed by atoms with Crippen LogP contribution in [-0.4, -0.2) is 68.3 Å². The fourth-order valence-electron chi connectivity index (χ4n) is 2.42. The van der Waals surface area contributed by atoms with E-state index in [1.807, 2.05) is 0 Å². The molecule has 2 N–H and O–H groups in total. The number of anilines is 2. The summed E-state index contributed by atoms with van der Waals surface area (Å²) >= 11 is 2.31. The normalized spacial score (nSPS) is 21.7. The number of nitrogens with zero attached hydrogens (tertiary/aromatic N) is 5. The number of carbonyl (C=O) groups is 3. The van der Waals surface area contributed by atoms with E-state index in [4.69, 9.17) is 0 Å². The van der Waals surface area contributed by atoms with Gasteiger partial charge in [-0.1, -0.05) is 5.16 Å². The van der Waals surface area contributed by atoms with Crippen molar-refractivity contribution in [1.29, 1.82) is 0 Å². The first kappa shape index (κ1) is 18.1. The number of rotatable bonds is 6. The highest BCUT2D eigenvalue weighted by Gasteiger charge is 2.47. The largest absolute Gasteiger partial charge is 0.477 e. The summed E-state index contributed by atoms with van der Waals surface area (Å²) in [6, 6.07) is 0. The van der Waals surface area contributed by atoms with Gasteiger partial charge in [-0.3, -0.25) is 19.4 Å². The number of carboxylic acid groups (broad SMARTS) is 1. The number of amides is 2. The van der Waals surface area contributed by atoms with Gasteiger partial charge >= 0.3 is 5.97 Å². The third-order valence-electron chi connectivity index (χ3n) is 3.59. The lowest BCUT2D eigenvalue weighted by Crippen LogP contribution is -2.56. The summed E-state index contributed by atoms with van der Waals surface area (Å²) in [5.41, 5.74) is -0.166. The molecule has 13 heteroatoms. The third kappa shape index (κ3) is 3.22. The molecule has 1 unspecified atom stereocenters. The van der Waals surface area contributed by atoms with Crippen molar-refractivity contribution in [3.8, 4) is 0 Å². The van der Waals surface area contributed by atoms with Gasteiger partial charge in [0.1, 0.15) is 24.4 Å². The number of nitrogens with one attached hydrogen (secondary N) is 1. The standard InChI is InChI=1S/C13H14N6O5S2/c1-14-13-16-12(17-26-13)19(8(21)5-15-24-2)9-3-6(11(22)23)18-7(20)4-10(18)25-9/h3,5,9-10H,4H2,1-2H3,(H,22,23)(H,14,16,17)/t9?,10-/m0/s1. The molecule has 1 saturated heterocycles. The summed E-state index contributed by atoms with van der Waals surface area (Å²) < 4.78 is 4.14. The molecule has 3 rings (SSSR count). The molecule has 3 heterocycles. The molecule has 1 aromatic heterocycles. The molecule has 0 bridgehead atoms. The molecule has 1 fully saturated rings. The van der Waals surface area contributed by atoms with E-state index in [1.54, 1.807) is 7.05 Å². The Morgan fingerprint density at radius 3 is 2.92 bits per heavy atom. The van der Waals surface area contributed by atoms with E-state index in [0.717, 1.165) is 17.7 Å². The second kappa shape index (κ2) is 7.29. The lowest BCUT2D eigenvalue weighted by Gasteiger charge is -2.45. The maximum atomic E-state index is 12.6. The number of aromatic nitrogens is 2. The first-order chi connectivity index (χ1) is 12.5. The summed E-state index contributed by atoms with van der Waals surface area (Å²) in [5, 5.41) is 15.1. The van der Waals surface area contributed by atoms with E-state index in [2.05, 4.69) is 24.7 Å². The average molecular weight is 398 g/mol. The zero-order chi connectivity index (χ0) is 18.8. The molecule has 0 saturated carbocycles. The van der Waals surface area contributed by atoms with Gasteiger partial charge in [-0.05, 0) is 6.08 Å². The van der Waals surface area contributed by atoms with E-state index in [9.17, 15) is 19.5 Å². The minimum absolute atomic E-state index is 0.101. The fourth-order valence-corrected chi connectivity index (χ4v) is 4.38. The van der Waals surface area contributed by atoms with E-state index in [1.165, 1.54) is 34.7 Å². The lowest BCUT2D eigenvalue weighted by atomic mass is 10.1. The summed E-state index contributed by atoms with van der Waals surface area (Å²) in [4.78, 5) is 47.0. The van der Waals surface area contributed by atoms with Crippen molar-refractivity contribution < 1.29 is 24.3 Å². The Morgan fingerprint density at radius 1 is 1.58 bits per heavy atom. The molecule has 0 spiro atoms. The zero-order valence-corrected chi connectivity index (χ0v) is 15.3. The van der Waals surface area contributed by atoms with E-state index in [-0.39, 0.29) is 29.3 Å². The zero-order valence-electron chi connectivity index (χ0n) is 13.6. The molecule has 2 aliphatic rings. The predicted octanol–water partition coefficient (Wildman–Crippen LogP) is 0.145. The number of oxime groups is 1. The van der Waals surface area contributed by atoms with Crippen molar-refractivity contribution in [3.63, 3.8) is 0 Å². The smallest absolute Gasteiger partial charge is 0.352 e. The van der Waals surface area contributed by atoms with Gasteiger partial charge in [-0.15, -0.1) is 11.8 Å². The summed E-state index contributed by atoms with van der Waals surface area (Å²) in [6.45, 7) is 0. The van der Waals surface area contributed by atoms with E-state index < -0.39 is 17.3 Å². The first-order valence-electron chi connectivity index (χ1n) is 7.30. The van der Waals surface area contributed by atoms with Crippen LogP contribution in [0.15, 0.2) is 16.9 Å². The van der Waals surface area contributed by atoms with Gasteiger partial charge in [-0.25, -0.2) is 4.79 Å². The number of carbonyl (C=O) groups excluding carboxylic acids is 2. The van der Waals surface area contributed by atoms with Crippen LogP contribution in [0, 0.1) is 0 Å². The molecule has 0 aromatic carbocycles. The van der Waals surface area contributed by atoms with E-state index in [0.29, 0.717) is 5.13 Å². The van der Waals surface area contributed by atoms with Crippen LogP contribution in [-0.2, 0) is 19.2 Å². The van der Waals surface area contributed by atoms with Crippen LogP contribution < -0.4 is 10.2 Å². The van der Waals surface area contributed by atoms with Gasteiger partial charge < -0.3 is 15.3 Å². The molecular weight excluding hydrogens is 384 g/mol. The number of carboxylic acids is 1. The number of hydrogen-bond acceptors (Lipinski definition) is 10. The third-order valence-corrected chi connectivity index (χ3v) is 5.63. The monoisotopic (exact) mass is 398 g/mol. The van der Waals surface area contributed by atoms with Crippen LogP contribution >= 0.6 is 23.3 Å². The Balaban J connectivity index is 1.99. The lowest BCUT2D eigenvalue weighted by molar-refractivity contribution is -0.146. The van der Waals surface area contributed by atoms with Gasteiger partial charge in [0, 0.05) is 18.6 Å². The summed E-state index contributed by atoms with van der Waals surface area (Å²) in [5.74, 6) is -1.99. The van der Waals surface area contributed by atoms with Gasteiger partial charge in [0.25, 0.3) is 5.91 Å². The molecular formula is C13H14N6O5S2. The first-order valence-corrected chi connectivity index (χ1v) is 9.01.